The van der Waals surface area contributed by atoms with Crippen molar-refractivity contribution in [1.29, 1.82) is 0 Å². The first-order chi connectivity index (χ1) is 16.4. The predicted octanol–water partition coefficient (Wildman–Crippen LogP) is 4.60. The van der Waals surface area contributed by atoms with Crippen LogP contribution in [0.3, 0.4) is 0 Å². The summed E-state index contributed by atoms with van der Waals surface area (Å²) >= 11 is 0. The lowest BCUT2D eigenvalue weighted by Crippen LogP contribution is -2.63. The van der Waals surface area contributed by atoms with Crippen molar-refractivity contribution < 1.29 is 19.1 Å². The number of carbonyl (C=O) groups is 3. The van der Waals surface area contributed by atoms with E-state index < -0.39 is 11.6 Å². The number of nitrogens with one attached hydrogen (secondary N) is 2. The fraction of sp³-hybridized carbons (Fsp3) is 0.821. The average molecular weight is 494 g/mol. The molecule has 2 N–H and O–H groups in total. The number of carbonyl (C=O) groups excluding carboxylic acids is 3. The number of hydrogen-bond donors (Lipinski definition) is 2. The number of likely N-dealkylation sites (N-methyl/N-ethyl adjacent to an activating group) is 1. The van der Waals surface area contributed by atoms with Gasteiger partial charge in [0.25, 0.3) is 0 Å². The maximum Gasteiger partial charge on any atom is 0.333 e. The van der Waals surface area contributed by atoms with Gasteiger partial charge in [0.15, 0.2) is 0 Å². The molecule has 1 fully saturated rings. The lowest BCUT2D eigenvalue weighted by molar-refractivity contribution is -0.141. The number of amides is 2. The molecule has 1 unspecified atom stereocenters. The molecule has 0 aromatic carbocycles. The third-order valence-electron chi connectivity index (χ3n) is 7.38. The highest BCUT2D eigenvalue weighted by molar-refractivity contribution is 5.93. The van der Waals surface area contributed by atoms with Crippen molar-refractivity contribution in [1.82, 2.24) is 15.5 Å². The first kappa shape index (κ1) is 31.1. The average Bonchev–Trinajstić information content (AvgIpc) is 2.83. The molecule has 7 nitrogen and oxygen atoms in total. The third kappa shape index (κ3) is 8.62. The number of nitrogens with zero attached hydrogens (tertiary/aromatic N) is 1. The van der Waals surface area contributed by atoms with Crippen LogP contribution >= 0.6 is 0 Å². The van der Waals surface area contributed by atoms with E-state index in [2.05, 4.69) is 10.6 Å². The zero-order chi connectivity index (χ0) is 26.8. The van der Waals surface area contributed by atoms with Gasteiger partial charge in [0, 0.05) is 18.7 Å². The van der Waals surface area contributed by atoms with Crippen LogP contribution in [0.1, 0.15) is 100 Å². The van der Waals surface area contributed by atoms with E-state index in [1.165, 1.54) is 6.42 Å². The van der Waals surface area contributed by atoms with Crippen LogP contribution < -0.4 is 10.6 Å². The van der Waals surface area contributed by atoms with E-state index in [-0.39, 0.29) is 41.7 Å². The number of rotatable bonds is 13. The van der Waals surface area contributed by atoms with Gasteiger partial charge < -0.3 is 20.3 Å². The molecule has 35 heavy (non-hydrogen) atoms. The number of ether oxygens (including phenoxy) is 1. The minimum atomic E-state index is -0.711. The van der Waals surface area contributed by atoms with E-state index in [4.69, 9.17) is 4.74 Å². The Morgan fingerprint density at radius 2 is 1.60 bits per heavy atom. The molecule has 1 saturated carbocycles. The van der Waals surface area contributed by atoms with E-state index in [0.29, 0.717) is 25.0 Å². The van der Waals surface area contributed by atoms with Crippen LogP contribution in [0.25, 0.3) is 0 Å². The fourth-order valence-corrected chi connectivity index (χ4v) is 5.21. The van der Waals surface area contributed by atoms with Gasteiger partial charge in [0.05, 0.1) is 18.2 Å². The topological polar surface area (TPSA) is 87.7 Å². The number of hydrogen-bond acceptors (Lipinski definition) is 5. The molecule has 0 spiro atoms. The summed E-state index contributed by atoms with van der Waals surface area (Å²) in [7, 11) is 1.78. The van der Waals surface area contributed by atoms with Gasteiger partial charge in [-0.1, -0.05) is 53.0 Å². The first-order valence-corrected chi connectivity index (χ1v) is 13.6. The second-order valence-electron chi connectivity index (χ2n) is 10.7. The maximum absolute atomic E-state index is 14.0. The fourth-order valence-electron chi connectivity index (χ4n) is 5.21. The Morgan fingerprint density at radius 3 is 2.06 bits per heavy atom. The second-order valence-corrected chi connectivity index (χ2v) is 10.7. The quantitative estimate of drug-likeness (QED) is 0.289. The zero-order valence-electron chi connectivity index (χ0n) is 23.7. The minimum Gasteiger partial charge on any atom is -0.463 e. The van der Waals surface area contributed by atoms with Crippen LogP contribution in [0.5, 0.6) is 0 Å². The number of esters is 1. The highest BCUT2D eigenvalue weighted by atomic mass is 16.5. The van der Waals surface area contributed by atoms with Crippen molar-refractivity contribution in [3.05, 3.63) is 11.6 Å². The van der Waals surface area contributed by atoms with E-state index in [1.807, 2.05) is 47.6 Å². The Hall–Kier alpha value is -1.89. The van der Waals surface area contributed by atoms with Gasteiger partial charge in [-0.15, -0.1) is 0 Å². The molecule has 0 aliphatic heterocycles. The molecule has 1 rings (SSSR count). The van der Waals surface area contributed by atoms with Gasteiger partial charge in [0.1, 0.15) is 6.04 Å². The Morgan fingerprint density at radius 1 is 1.03 bits per heavy atom. The third-order valence-corrected chi connectivity index (χ3v) is 7.38. The Labute approximate surface area is 213 Å². The molecule has 1 aliphatic rings. The summed E-state index contributed by atoms with van der Waals surface area (Å²) < 4.78 is 5.14. The summed E-state index contributed by atoms with van der Waals surface area (Å²) in [5.74, 6) is -0.373. The molecular formula is C28H51N3O4. The van der Waals surface area contributed by atoms with Crippen LogP contribution in [0.2, 0.25) is 0 Å². The molecule has 0 aromatic heterocycles. The summed E-state index contributed by atoms with van der Waals surface area (Å²) in [6.07, 6.45) is 8.27. The second kappa shape index (κ2) is 14.6. The molecule has 1 aliphatic carbocycles. The van der Waals surface area contributed by atoms with Crippen LogP contribution in [0, 0.1) is 11.8 Å². The Bertz CT molecular complexity index is 722. The summed E-state index contributed by atoms with van der Waals surface area (Å²) in [5, 5.41) is 6.66. The van der Waals surface area contributed by atoms with Gasteiger partial charge in [-0.3, -0.25) is 9.59 Å². The minimum absolute atomic E-state index is 0.0871. The largest absolute Gasteiger partial charge is 0.463 e. The predicted molar refractivity (Wildman–Crippen MR) is 142 cm³/mol. The lowest BCUT2D eigenvalue weighted by Gasteiger charge is -2.39. The monoisotopic (exact) mass is 493 g/mol. The normalized spacial score (nSPS) is 17.3. The molecule has 7 heteroatoms. The molecule has 0 aromatic rings. The summed E-state index contributed by atoms with van der Waals surface area (Å²) in [6, 6.07) is -0.726. The smallest absolute Gasteiger partial charge is 0.333 e. The molecule has 0 saturated heterocycles. The first-order valence-electron chi connectivity index (χ1n) is 13.6. The van der Waals surface area contributed by atoms with Crippen LogP contribution in [-0.4, -0.2) is 60.0 Å². The standard InChI is InChI=1S/C28H51N3O4/c1-10-28(11-2,30-20(6)7)27(34)29-24(22-16-14-13-15-17-22)25(32)31(9)23(19(4)5)18-21(8)26(33)35-12-3/h18-20,22-24,30H,10-17H2,1-9H3,(H,29,34)/b21-18+/t23-,24?/m1/s1. The Balaban J connectivity index is 3.29. The van der Waals surface area contributed by atoms with Crippen molar-refractivity contribution in [3.63, 3.8) is 0 Å². The molecule has 2 atom stereocenters. The highest BCUT2D eigenvalue weighted by Gasteiger charge is 2.41. The van der Waals surface area contributed by atoms with Crippen LogP contribution in [-0.2, 0) is 19.1 Å². The van der Waals surface area contributed by atoms with Gasteiger partial charge >= 0.3 is 5.97 Å². The van der Waals surface area contributed by atoms with E-state index >= 15 is 0 Å². The lowest BCUT2D eigenvalue weighted by atomic mass is 9.82. The summed E-state index contributed by atoms with van der Waals surface area (Å²) in [6.45, 7) is 16.0. The van der Waals surface area contributed by atoms with E-state index in [9.17, 15) is 14.4 Å². The summed E-state index contributed by atoms with van der Waals surface area (Å²) in [4.78, 5) is 41.6. The maximum atomic E-state index is 14.0. The van der Waals surface area contributed by atoms with E-state index in [0.717, 1.165) is 25.7 Å². The Kier molecular flexibility index (Phi) is 13.0. The van der Waals surface area contributed by atoms with Crippen molar-refractivity contribution >= 4 is 17.8 Å². The molecule has 2 amide bonds. The highest BCUT2D eigenvalue weighted by Crippen LogP contribution is 2.29. The van der Waals surface area contributed by atoms with Gasteiger partial charge in [-0.2, -0.15) is 0 Å². The van der Waals surface area contributed by atoms with E-state index in [1.54, 1.807) is 25.8 Å². The van der Waals surface area contributed by atoms with Crippen LogP contribution in [0.15, 0.2) is 11.6 Å². The molecule has 202 valence electrons. The molecule has 0 heterocycles. The van der Waals surface area contributed by atoms with Crippen molar-refractivity contribution in [2.75, 3.05) is 13.7 Å². The van der Waals surface area contributed by atoms with Crippen molar-refractivity contribution in [3.8, 4) is 0 Å². The van der Waals surface area contributed by atoms with Gasteiger partial charge in [-0.25, -0.2) is 4.79 Å². The molecule has 0 radical (unpaired) electrons. The SMILES string of the molecule is CCOC(=O)/C(C)=C/[C@H](C(C)C)N(C)C(=O)C(NC(=O)C(CC)(CC)NC(C)C)C1CCCCC1. The van der Waals surface area contributed by atoms with Crippen molar-refractivity contribution in [2.45, 2.75) is 124 Å². The van der Waals surface area contributed by atoms with Gasteiger partial charge in [-0.05, 0) is 65.2 Å². The molecular weight excluding hydrogens is 442 g/mol. The zero-order valence-corrected chi connectivity index (χ0v) is 23.7. The summed E-state index contributed by atoms with van der Waals surface area (Å²) in [5.41, 5.74) is -0.224. The molecule has 0 bridgehead atoms. The van der Waals surface area contributed by atoms with Gasteiger partial charge in [0.2, 0.25) is 11.8 Å². The van der Waals surface area contributed by atoms with Crippen molar-refractivity contribution in [2.24, 2.45) is 11.8 Å². The van der Waals surface area contributed by atoms with Crippen LogP contribution in [0.4, 0.5) is 0 Å².